The maximum atomic E-state index is 12.3. The summed E-state index contributed by atoms with van der Waals surface area (Å²) in [6, 6.07) is 15.2. The molecule has 1 atom stereocenters. The third-order valence-electron chi connectivity index (χ3n) is 3.88. The van der Waals surface area contributed by atoms with Crippen LogP contribution < -0.4 is 9.46 Å². The summed E-state index contributed by atoms with van der Waals surface area (Å²) in [6.07, 6.45) is 1.60. The van der Waals surface area contributed by atoms with Gasteiger partial charge in [0.2, 0.25) is 10.0 Å². The molecule has 0 radical (unpaired) electrons. The highest BCUT2D eigenvalue weighted by molar-refractivity contribution is 7.88. The maximum Gasteiger partial charge on any atom is 0.216 e. The Balaban J connectivity index is 1.61. The Morgan fingerprint density at radius 3 is 2.70 bits per heavy atom. The number of benzene rings is 2. The smallest absolute Gasteiger partial charge is 0.216 e. The Bertz CT molecular complexity index is 772. The van der Waals surface area contributed by atoms with Crippen molar-refractivity contribution in [2.75, 3.05) is 6.61 Å². The fourth-order valence-electron chi connectivity index (χ4n) is 2.90. The molecular formula is C18H21NO3S. The minimum Gasteiger partial charge on any atom is -0.493 e. The highest BCUT2D eigenvalue weighted by atomic mass is 32.2. The van der Waals surface area contributed by atoms with E-state index in [9.17, 15) is 8.42 Å². The van der Waals surface area contributed by atoms with E-state index in [4.69, 9.17) is 4.74 Å². The fourth-order valence-corrected chi connectivity index (χ4v) is 4.31. The van der Waals surface area contributed by atoms with Gasteiger partial charge in [-0.15, -0.1) is 0 Å². The summed E-state index contributed by atoms with van der Waals surface area (Å²) in [5.74, 6) is 0.960. The van der Waals surface area contributed by atoms with E-state index in [1.807, 2.05) is 49.4 Å². The molecule has 1 heterocycles. The molecule has 0 aromatic heterocycles. The standard InChI is InChI=1S/C18H21NO3S/c1-14(11-16-7-8-18-17(12-16)9-10-22-18)19-23(20,21)13-15-5-3-2-4-6-15/h2-8,12,14,19H,9-11,13H2,1H3. The van der Waals surface area contributed by atoms with Crippen LogP contribution >= 0.6 is 0 Å². The van der Waals surface area contributed by atoms with Crippen LogP contribution in [0.2, 0.25) is 0 Å². The van der Waals surface area contributed by atoms with Crippen LogP contribution in [0.25, 0.3) is 0 Å². The number of nitrogens with one attached hydrogen (secondary N) is 1. The van der Waals surface area contributed by atoms with Gasteiger partial charge in [-0.2, -0.15) is 0 Å². The van der Waals surface area contributed by atoms with Crippen molar-refractivity contribution >= 4 is 10.0 Å². The van der Waals surface area contributed by atoms with E-state index in [1.54, 1.807) is 0 Å². The zero-order valence-electron chi connectivity index (χ0n) is 13.2. The lowest BCUT2D eigenvalue weighted by atomic mass is 10.0. The first kappa shape index (κ1) is 16.0. The molecule has 0 saturated heterocycles. The number of hydrogen-bond acceptors (Lipinski definition) is 3. The van der Waals surface area contributed by atoms with E-state index >= 15 is 0 Å². The second-order valence-corrected chi connectivity index (χ2v) is 7.76. The SMILES string of the molecule is CC(Cc1ccc2c(c1)CCO2)NS(=O)(=O)Cc1ccccc1. The molecule has 1 unspecified atom stereocenters. The highest BCUT2D eigenvalue weighted by Gasteiger charge is 2.17. The quantitative estimate of drug-likeness (QED) is 0.885. The minimum absolute atomic E-state index is 0.0101. The van der Waals surface area contributed by atoms with Gasteiger partial charge in [0.25, 0.3) is 0 Å². The Morgan fingerprint density at radius 2 is 1.91 bits per heavy atom. The molecule has 1 aliphatic heterocycles. The molecule has 1 N–H and O–H groups in total. The van der Waals surface area contributed by atoms with Gasteiger partial charge in [0, 0.05) is 12.5 Å². The second kappa shape index (κ2) is 6.72. The van der Waals surface area contributed by atoms with Crippen LogP contribution in [0.1, 0.15) is 23.6 Å². The lowest BCUT2D eigenvalue weighted by molar-refractivity contribution is 0.357. The third-order valence-corrected chi connectivity index (χ3v) is 5.35. The molecule has 3 rings (SSSR count). The van der Waals surface area contributed by atoms with E-state index in [2.05, 4.69) is 10.8 Å². The number of ether oxygens (including phenoxy) is 1. The van der Waals surface area contributed by atoms with Crippen molar-refractivity contribution in [1.82, 2.24) is 4.72 Å². The predicted octanol–water partition coefficient (Wildman–Crippen LogP) is 2.67. The highest BCUT2D eigenvalue weighted by Crippen LogP contribution is 2.26. The first-order valence-electron chi connectivity index (χ1n) is 7.80. The predicted molar refractivity (Wildman–Crippen MR) is 91.0 cm³/mol. The Hall–Kier alpha value is -1.85. The fraction of sp³-hybridized carbons (Fsp3) is 0.333. The molecule has 0 spiro atoms. The van der Waals surface area contributed by atoms with Crippen LogP contribution in [0.3, 0.4) is 0 Å². The molecular weight excluding hydrogens is 310 g/mol. The van der Waals surface area contributed by atoms with Gasteiger partial charge in [-0.05, 0) is 36.1 Å². The van der Waals surface area contributed by atoms with Crippen molar-refractivity contribution in [3.63, 3.8) is 0 Å². The normalized spacial score (nSPS) is 15.0. The molecule has 5 heteroatoms. The molecule has 122 valence electrons. The van der Waals surface area contributed by atoms with Crippen molar-refractivity contribution < 1.29 is 13.2 Å². The first-order valence-corrected chi connectivity index (χ1v) is 9.45. The monoisotopic (exact) mass is 331 g/mol. The average molecular weight is 331 g/mol. The second-order valence-electron chi connectivity index (χ2n) is 6.01. The number of rotatable bonds is 6. The zero-order chi connectivity index (χ0) is 16.3. The van der Waals surface area contributed by atoms with Crippen molar-refractivity contribution in [2.24, 2.45) is 0 Å². The van der Waals surface area contributed by atoms with Gasteiger partial charge in [0.05, 0.1) is 12.4 Å². The summed E-state index contributed by atoms with van der Waals surface area (Å²) in [6.45, 7) is 2.63. The van der Waals surface area contributed by atoms with Crippen molar-refractivity contribution in [3.8, 4) is 5.75 Å². The van der Waals surface area contributed by atoms with Gasteiger partial charge in [-0.25, -0.2) is 13.1 Å². The number of fused-ring (bicyclic) bond motifs is 1. The third kappa shape index (κ3) is 4.33. The van der Waals surface area contributed by atoms with E-state index < -0.39 is 10.0 Å². The largest absolute Gasteiger partial charge is 0.493 e. The topological polar surface area (TPSA) is 55.4 Å². The Kier molecular flexibility index (Phi) is 4.68. The van der Waals surface area contributed by atoms with Crippen LogP contribution in [-0.4, -0.2) is 21.1 Å². The first-order chi connectivity index (χ1) is 11.0. The molecule has 2 aromatic rings. The molecule has 0 saturated carbocycles. The summed E-state index contributed by atoms with van der Waals surface area (Å²) in [7, 11) is -3.34. The van der Waals surface area contributed by atoms with E-state index in [0.717, 1.165) is 29.9 Å². The van der Waals surface area contributed by atoms with Crippen LogP contribution in [0.5, 0.6) is 5.75 Å². The molecule has 0 fully saturated rings. The molecule has 2 aromatic carbocycles. The molecule has 0 amide bonds. The lowest BCUT2D eigenvalue weighted by Crippen LogP contribution is -2.35. The molecule has 0 aliphatic carbocycles. The van der Waals surface area contributed by atoms with Crippen LogP contribution in [0, 0.1) is 0 Å². The zero-order valence-corrected chi connectivity index (χ0v) is 14.0. The Morgan fingerprint density at radius 1 is 1.13 bits per heavy atom. The molecule has 0 bridgehead atoms. The van der Waals surface area contributed by atoms with Gasteiger partial charge < -0.3 is 4.74 Å². The van der Waals surface area contributed by atoms with Gasteiger partial charge in [0.15, 0.2) is 0 Å². The maximum absolute atomic E-state index is 12.3. The van der Waals surface area contributed by atoms with Crippen LogP contribution in [0.4, 0.5) is 0 Å². The number of sulfonamides is 1. The van der Waals surface area contributed by atoms with Crippen LogP contribution in [-0.2, 0) is 28.6 Å². The summed E-state index contributed by atoms with van der Waals surface area (Å²) >= 11 is 0. The summed E-state index contributed by atoms with van der Waals surface area (Å²) in [5.41, 5.74) is 3.13. The minimum atomic E-state index is -3.34. The van der Waals surface area contributed by atoms with Gasteiger partial charge in [-0.1, -0.05) is 42.5 Å². The molecule has 23 heavy (non-hydrogen) atoms. The molecule has 4 nitrogen and oxygen atoms in total. The summed E-state index contributed by atoms with van der Waals surface area (Å²) in [5, 5.41) is 0. The van der Waals surface area contributed by atoms with Gasteiger partial charge in [-0.3, -0.25) is 0 Å². The van der Waals surface area contributed by atoms with E-state index in [1.165, 1.54) is 5.56 Å². The summed E-state index contributed by atoms with van der Waals surface area (Å²) in [4.78, 5) is 0. The van der Waals surface area contributed by atoms with Crippen molar-refractivity contribution in [3.05, 3.63) is 65.2 Å². The van der Waals surface area contributed by atoms with Gasteiger partial charge in [0.1, 0.15) is 5.75 Å². The van der Waals surface area contributed by atoms with Gasteiger partial charge >= 0.3 is 0 Å². The summed E-state index contributed by atoms with van der Waals surface area (Å²) < 4.78 is 32.8. The van der Waals surface area contributed by atoms with Crippen molar-refractivity contribution in [1.29, 1.82) is 0 Å². The Labute approximate surface area is 137 Å². The van der Waals surface area contributed by atoms with E-state index in [0.29, 0.717) is 6.42 Å². The average Bonchev–Trinajstić information content (AvgIpc) is 2.94. The molecule has 1 aliphatic rings. The van der Waals surface area contributed by atoms with E-state index in [-0.39, 0.29) is 11.8 Å². The van der Waals surface area contributed by atoms with Crippen LogP contribution in [0.15, 0.2) is 48.5 Å². The number of hydrogen-bond donors (Lipinski definition) is 1. The van der Waals surface area contributed by atoms with Crippen molar-refractivity contribution in [2.45, 2.75) is 31.6 Å². The lowest BCUT2D eigenvalue weighted by Gasteiger charge is -2.15.